The van der Waals surface area contributed by atoms with Gasteiger partial charge in [-0.2, -0.15) is 11.1 Å². The number of hydrogen-bond acceptors (Lipinski definition) is 1. The molecule has 0 spiro atoms. The largest absolute Gasteiger partial charge is 2.00 e. The molecule has 6 heteroatoms. The Morgan fingerprint density at radius 3 is 1.62 bits per heavy atom. The first-order valence-corrected chi connectivity index (χ1v) is 21.2. The summed E-state index contributed by atoms with van der Waals surface area (Å²) in [4.78, 5) is 10.6. The molecule has 0 saturated heterocycles. The molecule has 34 heavy (non-hydrogen) atoms. The van der Waals surface area contributed by atoms with Crippen molar-refractivity contribution in [3.05, 3.63) is 63.9 Å². The molecule has 1 aromatic carbocycles. The molecule has 1 aliphatic carbocycles. The molecule has 0 fully saturated rings. The van der Waals surface area contributed by atoms with Crippen LogP contribution in [0.5, 0.6) is 0 Å². The van der Waals surface area contributed by atoms with Gasteiger partial charge in [-0.05, 0) is 24.0 Å². The maximum absolute atomic E-state index is 10.6. The van der Waals surface area contributed by atoms with E-state index in [9.17, 15) is 4.79 Å². The molecule has 1 aliphatic rings. The number of unbranched alkanes of at least 4 members (excludes halogenated alkanes) is 1. The number of amides is 1. The molecular formula is C28H51NOSi3Ti. The SMILES string of the molecule is CC1=[C-]C(C)([SiH](C)C)C(C)=C1C.CCCCc1ccc(C([NH-])=O)cc1.C[Si](C)C.C[Si](C)C.[Ti+2]. The predicted octanol–water partition coefficient (Wildman–Crippen LogP) is 9.29. The number of benzene rings is 1. The van der Waals surface area contributed by atoms with E-state index in [2.05, 4.69) is 93.1 Å². The second-order valence-electron chi connectivity index (χ2n) is 10.5. The van der Waals surface area contributed by atoms with Gasteiger partial charge in [0.2, 0.25) is 0 Å². The second-order valence-corrected chi connectivity index (χ2v) is 20.0. The van der Waals surface area contributed by atoms with Crippen molar-refractivity contribution in [1.29, 1.82) is 0 Å². The zero-order chi connectivity index (χ0) is 26.4. The molecule has 0 saturated carbocycles. The smallest absolute Gasteiger partial charge is 0.664 e. The van der Waals surface area contributed by atoms with Crippen molar-refractivity contribution < 1.29 is 26.5 Å². The zero-order valence-corrected chi connectivity index (χ0v) is 29.1. The molecule has 0 heterocycles. The normalized spacial score (nSPS) is 16.5. The van der Waals surface area contributed by atoms with Gasteiger partial charge in [0.1, 0.15) is 0 Å². The molecule has 2 rings (SSSR count). The van der Waals surface area contributed by atoms with Crippen LogP contribution in [0.2, 0.25) is 57.4 Å². The summed E-state index contributed by atoms with van der Waals surface area (Å²) < 4.78 is 0. The molecule has 1 unspecified atom stereocenters. The van der Waals surface area contributed by atoms with E-state index in [1.807, 2.05) is 12.1 Å². The molecule has 0 bridgehead atoms. The molecule has 190 valence electrons. The molecular weight excluding hydrogens is 498 g/mol. The van der Waals surface area contributed by atoms with Gasteiger partial charge in [0.15, 0.2) is 0 Å². The summed E-state index contributed by atoms with van der Waals surface area (Å²) in [5.41, 5.74) is 13.0. The van der Waals surface area contributed by atoms with Crippen LogP contribution in [0.3, 0.4) is 0 Å². The minimum atomic E-state index is -0.663. The molecule has 2 radical (unpaired) electrons. The maximum Gasteiger partial charge on any atom is 2.00 e. The Hall–Kier alpha value is -0.465. The third-order valence-electron chi connectivity index (χ3n) is 5.54. The molecule has 0 aromatic heterocycles. The average molecular weight is 550 g/mol. The van der Waals surface area contributed by atoms with Gasteiger partial charge in [-0.3, -0.25) is 6.08 Å². The number of carbonyl (C=O) groups is 1. The van der Waals surface area contributed by atoms with Crippen molar-refractivity contribution in [3.63, 3.8) is 0 Å². The third-order valence-corrected chi connectivity index (χ3v) is 8.43. The summed E-state index contributed by atoms with van der Waals surface area (Å²) in [5.74, 6) is -0.609. The fraction of sp³-hybridized carbons (Fsp3) is 0.607. The Morgan fingerprint density at radius 1 is 0.971 bits per heavy atom. The van der Waals surface area contributed by atoms with Crippen molar-refractivity contribution in [1.82, 2.24) is 0 Å². The van der Waals surface area contributed by atoms with Crippen molar-refractivity contribution in [2.75, 3.05) is 0 Å². The maximum atomic E-state index is 10.6. The Labute approximate surface area is 233 Å². The first-order valence-electron chi connectivity index (χ1n) is 12.3. The van der Waals surface area contributed by atoms with Crippen LogP contribution in [0.4, 0.5) is 0 Å². The fourth-order valence-corrected chi connectivity index (χ4v) is 4.62. The van der Waals surface area contributed by atoms with Crippen LogP contribution in [0.25, 0.3) is 5.73 Å². The molecule has 1 atom stereocenters. The summed E-state index contributed by atoms with van der Waals surface area (Å²) >= 11 is 0. The van der Waals surface area contributed by atoms with Gasteiger partial charge in [-0.1, -0.05) is 116 Å². The molecule has 1 amide bonds. The molecule has 2 nitrogen and oxygen atoms in total. The Kier molecular flexibility index (Phi) is 22.0. The molecule has 1 aromatic rings. The van der Waals surface area contributed by atoms with Crippen LogP contribution in [0.1, 0.15) is 63.4 Å². The van der Waals surface area contributed by atoms with E-state index >= 15 is 0 Å². The van der Waals surface area contributed by atoms with Crippen molar-refractivity contribution in [3.8, 4) is 0 Å². The van der Waals surface area contributed by atoms with Gasteiger partial charge in [0.25, 0.3) is 0 Å². The molecule has 1 N–H and O–H groups in total. The summed E-state index contributed by atoms with van der Waals surface area (Å²) in [6.07, 6.45) is 7.05. The van der Waals surface area contributed by atoms with E-state index in [0.29, 0.717) is 10.6 Å². The number of nitrogens with one attached hydrogen (secondary N) is 1. The van der Waals surface area contributed by atoms with Crippen LogP contribution in [0, 0.1) is 6.08 Å². The van der Waals surface area contributed by atoms with Crippen LogP contribution < -0.4 is 0 Å². The standard InChI is InChI=1S/C11H15NO.C11H19Si.2C3H9Si.Ti/c1-2-3-4-9-5-7-10(8-6-9)11(12)13;1-8-7-11(4,12(5)6)10(3)9(8)2;2*1-4(2)3;/h5-8H,2-4H2,1H3,(H2,12,13);12H,1-6H3;2*1-3H3;/q;-1;;;+2/p-1. The van der Waals surface area contributed by atoms with Gasteiger partial charge < -0.3 is 10.5 Å². The number of aryl methyl sites for hydroxylation is 1. The molecule has 0 aliphatic heterocycles. The first kappa shape index (κ1) is 38.1. The average Bonchev–Trinajstić information content (AvgIpc) is 2.90. The minimum Gasteiger partial charge on any atom is -0.664 e. The van der Waals surface area contributed by atoms with E-state index in [1.54, 1.807) is 17.7 Å². The number of allylic oxidation sites excluding steroid dienone is 4. The minimum absolute atomic E-state index is 0. The quantitative estimate of drug-likeness (QED) is 0.266. The third kappa shape index (κ3) is 16.3. The van der Waals surface area contributed by atoms with Gasteiger partial charge >= 0.3 is 21.7 Å². The van der Waals surface area contributed by atoms with Crippen LogP contribution in [0.15, 0.2) is 41.0 Å². The van der Waals surface area contributed by atoms with Crippen LogP contribution >= 0.6 is 0 Å². The van der Waals surface area contributed by atoms with E-state index < -0.39 is 14.7 Å². The second kappa shape index (κ2) is 19.7. The zero-order valence-electron chi connectivity index (χ0n) is 24.4. The summed E-state index contributed by atoms with van der Waals surface area (Å²) in [7, 11) is -0.422. The predicted molar refractivity (Wildman–Crippen MR) is 158 cm³/mol. The monoisotopic (exact) mass is 549 g/mol. The van der Waals surface area contributed by atoms with Gasteiger partial charge in [0, 0.05) is 26.4 Å². The first-order chi connectivity index (χ1) is 15.1. The van der Waals surface area contributed by atoms with Gasteiger partial charge in [0.05, 0.1) is 5.91 Å². The fourth-order valence-electron chi connectivity index (χ4n) is 3.03. The topological polar surface area (TPSA) is 40.9 Å². The van der Waals surface area contributed by atoms with E-state index in [4.69, 9.17) is 5.73 Å². The van der Waals surface area contributed by atoms with Crippen LogP contribution in [-0.2, 0) is 28.1 Å². The van der Waals surface area contributed by atoms with Gasteiger partial charge in [-0.25, -0.2) is 5.57 Å². The summed E-state index contributed by atoms with van der Waals surface area (Å²) in [6.45, 7) is 29.6. The number of rotatable bonds is 5. The van der Waals surface area contributed by atoms with Crippen molar-refractivity contribution in [2.24, 2.45) is 0 Å². The Morgan fingerprint density at radius 2 is 1.38 bits per heavy atom. The van der Waals surface area contributed by atoms with E-state index in [1.165, 1.54) is 29.6 Å². The van der Waals surface area contributed by atoms with Crippen molar-refractivity contribution in [2.45, 2.75) is 111 Å². The number of carbonyl (C=O) groups excluding carboxylic acids is 1. The summed E-state index contributed by atoms with van der Waals surface area (Å²) in [6, 6.07) is 7.30. The van der Waals surface area contributed by atoms with Crippen molar-refractivity contribution >= 4 is 32.3 Å². The summed E-state index contributed by atoms with van der Waals surface area (Å²) in [5, 5.41) is 0.328. The van der Waals surface area contributed by atoms with Gasteiger partial charge in [-0.15, -0.1) is 6.92 Å². The Bertz CT molecular complexity index is 744. The number of hydrogen-bond donors (Lipinski definition) is 0. The van der Waals surface area contributed by atoms with E-state index in [-0.39, 0.29) is 39.3 Å². The Balaban J connectivity index is -0.000000423. The van der Waals surface area contributed by atoms with E-state index in [0.717, 1.165) is 6.42 Å². The van der Waals surface area contributed by atoms with Crippen LogP contribution in [-0.4, -0.2) is 32.3 Å².